The minimum Gasteiger partial charge on any atom is -0.489 e. The first kappa shape index (κ1) is 19.0. The van der Waals surface area contributed by atoms with Crippen molar-refractivity contribution in [2.75, 3.05) is 6.61 Å². The minimum absolute atomic E-state index is 0.370. The number of aromatic amines is 1. The van der Waals surface area contributed by atoms with Gasteiger partial charge in [0.05, 0.1) is 0 Å². The molecule has 4 nitrogen and oxygen atoms in total. The molecular weight excluding hydrogens is 358 g/mol. The maximum absolute atomic E-state index is 6.24. The molecule has 0 radical (unpaired) electrons. The fourth-order valence-corrected chi connectivity index (χ4v) is 3.30. The zero-order chi connectivity index (χ0) is 20.3. The first-order chi connectivity index (χ1) is 14.0. The Morgan fingerprint density at radius 1 is 1.03 bits per heavy atom. The first-order valence-corrected chi connectivity index (χ1v) is 9.71. The number of nitrogens with one attached hydrogen (secondary N) is 1. The smallest absolute Gasteiger partial charge is 0.137 e. The van der Waals surface area contributed by atoms with Gasteiger partial charge in [0.1, 0.15) is 18.0 Å². The van der Waals surface area contributed by atoms with Crippen molar-refractivity contribution in [3.05, 3.63) is 95.8 Å². The highest BCUT2D eigenvalue weighted by Gasteiger charge is 2.14. The Balaban J connectivity index is 1.71. The SMILES string of the molecule is CC(C)(N)c1ccc(/C(=C/c2ccnc3[nH]ccc23)COc2ccccc2)cc1. The second-order valence-corrected chi connectivity index (χ2v) is 7.71. The third kappa shape index (κ3) is 4.39. The molecule has 2 heterocycles. The van der Waals surface area contributed by atoms with Crippen molar-refractivity contribution in [3.63, 3.8) is 0 Å². The molecule has 0 bridgehead atoms. The fourth-order valence-electron chi connectivity index (χ4n) is 3.30. The molecule has 0 atom stereocenters. The summed E-state index contributed by atoms with van der Waals surface area (Å²) in [6.07, 6.45) is 5.90. The summed E-state index contributed by atoms with van der Waals surface area (Å²) in [4.78, 5) is 7.55. The molecule has 4 rings (SSSR count). The van der Waals surface area contributed by atoms with E-state index in [0.717, 1.165) is 39.0 Å². The molecule has 0 unspecified atom stereocenters. The van der Waals surface area contributed by atoms with Gasteiger partial charge in [0, 0.05) is 23.3 Å². The largest absolute Gasteiger partial charge is 0.489 e. The molecule has 29 heavy (non-hydrogen) atoms. The lowest BCUT2D eigenvalue weighted by atomic mass is 9.93. The maximum atomic E-state index is 6.24. The first-order valence-electron chi connectivity index (χ1n) is 9.71. The summed E-state index contributed by atoms with van der Waals surface area (Å²) in [5.74, 6) is 0.847. The van der Waals surface area contributed by atoms with Crippen molar-refractivity contribution in [1.29, 1.82) is 0 Å². The molecule has 0 aliphatic rings. The summed E-state index contributed by atoms with van der Waals surface area (Å²) in [5, 5.41) is 1.09. The van der Waals surface area contributed by atoms with Gasteiger partial charge in [-0.3, -0.25) is 0 Å². The number of rotatable bonds is 6. The fraction of sp³-hybridized carbons (Fsp3) is 0.160. The number of fused-ring (bicyclic) bond motifs is 1. The molecule has 4 aromatic rings. The van der Waals surface area contributed by atoms with E-state index in [-0.39, 0.29) is 5.54 Å². The van der Waals surface area contributed by atoms with Crippen molar-refractivity contribution in [2.24, 2.45) is 5.73 Å². The number of H-pyrrole nitrogens is 1. The average molecular weight is 383 g/mol. The highest BCUT2D eigenvalue weighted by Crippen LogP contribution is 2.26. The lowest BCUT2D eigenvalue weighted by Gasteiger charge is -2.20. The van der Waals surface area contributed by atoms with E-state index < -0.39 is 0 Å². The van der Waals surface area contributed by atoms with E-state index >= 15 is 0 Å². The lowest BCUT2D eigenvalue weighted by Crippen LogP contribution is -2.28. The van der Waals surface area contributed by atoms with Crippen LogP contribution in [0.1, 0.15) is 30.5 Å². The van der Waals surface area contributed by atoms with Crippen LogP contribution in [0.3, 0.4) is 0 Å². The van der Waals surface area contributed by atoms with Gasteiger partial charge < -0.3 is 15.5 Å². The van der Waals surface area contributed by atoms with Crippen LogP contribution >= 0.6 is 0 Å². The van der Waals surface area contributed by atoms with Crippen molar-refractivity contribution in [3.8, 4) is 5.75 Å². The van der Waals surface area contributed by atoms with Gasteiger partial charge in [-0.15, -0.1) is 0 Å². The van der Waals surface area contributed by atoms with Crippen LogP contribution in [0.4, 0.5) is 0 Å². The van der Waals surface area contributed by atoms with E-state index in [9.17, 15) is 0 Å². The third-order valence-corrected chi connectivity index (χ3v) is 4.96. The Hall–Kier alpha value is -3.37. The predicted octanol–water partition coefficient (Wildman–Crippen LogP) is 5.38. The summed E-state index contributed by atoms with van der Waals surface area (Å²) in [5.41, 5.74) is 11.1. The van der Waals surface area contributed by atoms with Crippen molar-refractivity contribution in [2.45, 2.75) is 19.4 Å². The molecule has 0 aliphatic heterocycles. The van der Waals surface area contributed by atoms with E-state index in [4.69, 9.17) is 10.5 Å². The van der Waals surface area contributed by atoms with Crippen LogP contribution in [-0.4, -0.2) is 16.6 Å². The van der Waals surface area contributed by atoms with Gasteiger partial charge in [-0.2, -0.15) is 0 Å². The van der Waals surface area contributed by atoms with E-state index in [1.54, 1.807) is 0 Å². The molecule has 2 aromatic heterocycles. The van der Waals surface area contributed by atoms with Gasteiger partial charge in [0.15, 0.2) is 0 Å². The van der Waals surface area contributed by atoms with Crippen LogP contribution in [0.15, 0.2) is 79.1 Å². The summed E-state index contributed by atoms with van der Waals surface area (Å²) in [7, 11) is 0. The molecule has 0 aliphatic carbocycles. The van der Waals surface area contributed by atoms with Gasteiger partial charge >= 0.3 is 0 Å². The molecule has 0 amide bonds. The Kier molecular flexibility index (Phi) is 5.19. The average Bonchev–Trinajstić information content (AvgIpc) is 3.21. The second-order valence-electron chi connectivity index (χ2n) is 7.71. The summed E-state index contributed by atoms with van der Waals surface area (Å²) >= 11 is 0. The monoisotopic (exact) mass is 383 g/mol. The van der Waals surface area contributed by atoms with Crippen molar-refractivity contribution in [1.82, 2.24) is 9.97 Å². The minimum atomic E-state index is -0.370. The molecule has 0 spiro atoms. The molecule has 3 N–H and O–H groups in total. The van der Waals surface area contributed by atoms with Crippen LogP contribution in [-0.2, 0) is 5.54 Å². The highest BCUT2D eigenvalue weighted by atomic mass is 16.5. The number of nitrogens with two attached hydrogens (primary N) is 1. The van der Waals surface area contributed by atoms with E-state index in [1.807, 2.05) is 68.7 Å². The quantitative estimate of drug-likeness (QED) is 0.470. The number of ether oxygens (including phenoxy) is 1. The molecule has 2 aromatic carbocycles. The molecular formula is C25H25N3O. The normalized spacial score (nSPS) is 12.3. The van der Waals surface area contributed by atoms with Gasteiger partial charge in [0.25, 0.3) is 0 Å². The topological polar surface area (TPSA) is 63.9 Å². The van der Waals surface area contributed by atoms with E-state index in [0.29, 0.717) is 6.61 Å². The lowest BCUT2D eigenvalue weighted by molar-refractivity contribution is 0.370. The van der Waals surface area contributed by atoms with Crippen LogP contribution in [0.2, 0.25) is 0 Å². The number of hydrogen-bond acceptors (Lipinski definition) is 3. The van der Waals surface area contributed by atoms with Gasteiger partial charge in [-0.05, 0) is 66.5 Å². The summed E-state index contributed by atoms with van der Waals surface area (Å²) in [6, 6.07) is 22.3. The van der Waals surface area contributed by atoms with Gasteiger partial charge in [-0.25, -0.2) is 4.98 Å². The Morgan fingerprint density at radius 2 is 1.79 bits per heavy atom. The molecule has 146 valence electrons. The van der Waals surface area contributed by atoms with E-state index in [1.165, 1.54) is 0 Å². The number of para-hydroxylation sites is 1. The molecule has 0 saturated heterocycles. The molecule has 0 saturated carbocycles. The molecule has 0 fully saturated rings. The summed E-state index contributed by atoms with van der Waals surface area (Å²) in [6.45, 7) is 4.48. The Labute approximate surface area is 171 Å². The number of benzene rings is 2. The number of hydrogen-bond donors (Lipinski definition) is 2. The van der Waals surface area contributed by atoms with Crippen molar-refractivity contribution >= 4 is 22.7 Å². The zero-order valence-electron chi connectivity index (χ0n) is 16.7. The van der Waals surface area contributed by atoms with E-state index in [2.05, 4.69) is 40.3 Å². The third-order valence-electron chi connectivity index (χ3n) is 4.96. The maximum Gasteiger partial charge on any atom is 0.137 e. The van der Waals surface area contributed by atoms with Crippen LogP contribution < -0.4 is 10.5 Å². The van der Waals surface area contributed by atoms with Crippen LogP contribution in [0, 0.1) is 0 Å². The van der Waals surface area contributed by atoms with Gasteiger partial charge in [0.2, 0.25) is 0 Å². The zero-order valence-corrected chi connectivity index (χ0v) is 16.7. The predicted molar refractivity (Wildman–Crippen MR) is 120 cm³/mol. The standard InChI is InChI=1S/C25H25N3O/c1-25(2,26)21-10-8-18(9-11-21)20(17-29-22-6-4-3-5-7-22)16-19-12-14-27-24-23(19)13-15-28-24/h3-16H,17,26H2,1-2H3,(H,27,28)/b20-16+. The Bertz CT molecular complexity index is 1120. The van der Waals surface area contributed by atoms with Crippen molar-refractivity contribution < 1.29 is 4.74 Å². The second kappa shape index (κ2) is 7.94. The van der Waals surface area contributed by atoms with Crippen LogP contribution in [0.5, 0.6) is 5.75 Å². The molecule has 4 heteroatoms. The number of aromatic nitrogens is 2. The summed E-state index contributed by atoms with van der Waals surface area (Å²) < 4.78 is 6.07. The number of nitrogens with zero attached hydrogens (tertiary/aromatic N) is 1. The number of pyridine rings is 1. The Morgan fingerprint density at radius 3 is 2.52 bits per heavy atom. The van der Waals surface area contributed by atoms with Crippen LogP contribution in [0.25, 0.3) is 22.7 Å². The highest BCUT2D eigenvalue weighted by molar-refractivity contribution is 5.92. The van der Waals surface area contributed by atoms with Gasteiger partial charge in [-0.1, -0.05) is 42.5 Å².